The fraction of sp³-hybridized carbons (Fsp3) is 0.621. The maximum atomic E-state index is 12.2. The Bertz CT molecular complexity index is 822. The molecule has 1 aromatic carbocycles. The van der Waals surface area contributed by atoms with Gasteiger partial charge in [0.1, 0.15) is 0 Å². The summed E-state index contributed by atoms with van der Waals surface area (Å²) in [6, 6.07) is 9.50. The van der Waals surface area contributed by atoms with Crippen molar-refractivity contribution in [3.8, 4) is 0 Å². The van der Waals surface area contributed by atoms with Crippen LogP contribution in [0.1, 0.15) is 89.5 Å². The van der Waals surface area contributed by atoms with Crippen LogP contribution in [0.5, 0.6) is 0 Å². The summed E-state index contributed by atoms with van der Waals surface area (Å²) in [6.45, 7) is 2.62. The second kappa shape index (κ2) is 17.6. The topological polar surface area (TPSA) is 82.1 Å². The number of amides is 1. The van der Waals surface area contributed by atoms with Gasteiger partial charge in [-0.05, 0) is 12.0 Å². The van der Waals surface area contributed by atoms with E-state index in [0.29, 0.717) is 13.2 Å². The molecule has 1 atom stereocenters. The molecule has 2 rings (SSSR count). The fourth-order valence-electron chi connectivity index (χ4n) is 4.02. The lowest BCUT2D eigenvalue weighted by Crippen LogP contribution is -2.35. The highest BCUT2D eigenvalue weighted by atomic mass is 16.7. The van der Waals surface area contributed by atoms with E-state index in [9.17, 15) is 14.4 Å². The number of hydrogen-bond acceptors (Lipinski definition) is 6. The molecule has 0 spiro atoms. The number of unbranched alkanes of at least 4 members (excludes halogenated alkanes) is 11. The van der Waals surface area contributed by atoms with Crippen LogP contribution in [-0.4, -0.2) is 48.9 Å². The SMILES string of the molecule is CCCCCCCCCCCCCCOC1=CC(=O)C(C(=O)OCC(=O)N(C)Cc2ccccc2)O1. The number of nitrogens with zero attached hydrogens (tertiary/aromatic N) is 1. The van der Waals surface area contributed by atoms with Gasteiger partial charge in [0.25, 0.3) is 18.0 Å². The third-order valence-electron chi connectivity index (χ3n) is 6.24. The second-order valence-electron chi connectivity index (χ2n) is 9.44. The number of esters is 1. The first-order valence-electron chi connectivity index (χ1n) is 13.5. The molecular weight excluding hydrogens is 458 g/mol. The fourth-order valence-corrected chi connectivity index (χ4v) is 4.02. The van der Waals surface area contributed by atoms with Crippen LogP contribution < -0.4 is 0 Å². The number of hydrogen-bond donors (Lipinski definition) is 0. The summed E-state index contributed by atoms with van der Waals surface area (Å²) in [5, 5.41) is 0. The molecular formula is C29H43NO6. The van der Waals surface area contributed by atoms with Gasteiger partial charge >= 0.3 is 5.97 Å². The molecule has 0 N–H and O–H groups in total. The predicted molar refractivity (Wildman–Crippen MR) is 139 cm³/mol. The zero-order valence-corrected chi connectivity index (χ0v) is 22.0. The van der Waals surface area contributed by atoms with Crippen molar-refractivity contribution in [1.29, 1.82) is 0 Å². The number of rotatable bonds is 19. The van der Waals surface area contributed by atoms with E-state index in [-0.39, 0.29) is 11.9 Å². The molecule has 0 fully saturated rings. The average molecular weight is 502 g/mol. The smallest absolute Gasteiger partial charge is 0.356 e. The summed E-state index contributed by atoms with van der Waals surface area (Å²) in [5.41, 5.74) is 0.966. The Hall–Kier alpha value is -2.83. The standard InChI is InChI=1S/C29H43NO6/c1-3-4-5-6-7-8-9-10-11-12-13-17-20-34-27-21-25(31)28(36-27)29(33)35-23-26(32)30(2)22-24-18-15-14-16-19-24/h14-16,18-19,21,28H,3-13,17,20,22-23H2,1-2H3. The van der Waals surface area contributed by atoms with Crippen LogP contribution in [0.15, 0.2) is 42.4 Å². The molecule has 1 unspecified atom stereocenters. The molecule has 36 heavy (non-hydrogen) atoms. The molecule has 1 aromatic rings. The van der Waals surface area contributed by atoms with Crippen molar-refractivity contribution >= 4 is 17.7 Å². The van der Waals surface area contributed by atoms with Gasteiger partial charge in [-0.3, -0.25) is 9.59 Å². The summed E-state index contributed by atoms with van der Waals surface area (Å²) in [7, 11) is 1.63. The lowest BCUT2D eigenvalue weighted by molar-refractivity contribution is -0.163. The molecule has 200 valence electrons. The van der Waals surface area contributed by atoms with E-state index in [1.54, 1.807) is 7.05 Å². The van der Waals surface area contributed by atoms with Crippen molar-refractivity contribution in [2.24, 2.45) is 0 Å². The van der Waals surface area contributed by atoms with Crippen molar-refractivity contribution in [2.75, 3.05) is 20.3 Å². The third-order valence-corrected chi connectivity index (χ3v) is 6.24. The Morgan fingerprint density at radius 1 is 0.889 bits per heavy atom. The molecule has 7 nitrogen and oxygen atoms in total. The first kappa shape index (κ1) is 29.4. The van der Waals surface area contributed by atoms with E-state index in [2.05, 4.69) is 6.92 Å². The van der Waals surface area contributed by atoms with Gasteiger partial charge in [-0.25, -0.2) is 4.79 Å². The van der Waals surface area contributed by atoms with Crippen LogP contribution in [0, 0.1) is 0 Å². The molecule has 0 aromatic heterocycles. The quantitative estimate of drug-likeness (QED) is 0.137. The molecule has 0 saturated heterocycles. The summed E-state index contributed by atoms with van der Waals surface area (Å²) in [4.78, 5) is 38.1. The van der Waals surface area contributed by atoms with Gasteiger partial charge in [0.15, 0.2) is 6.61 Å². The monoisotopic (exact) mass is 501 g/mol. The minimum atomic E-state index is -1.41. The molecule has 0 radical (unpaired) electrons. The number of carbonyl (C=O) groups excluding carboxylic acids is 3. The van der Waals surface area contributed by atoms with E-state index in [1.807, 2.05) is 30.3 Å². The van der Waals surface area contributed by atoms with Gasteiger partial charge in [-0.2, -0.15) is 0 Å². The number of ketones is 1. The van der Waals surface area contributed by atoms with Crippen LogP contribution in [-0.2, 0) is 35.1 Å². The van der Waals surface area contributed by atoms with Crippen molar-refractivity contribution in [2.45, 2.75) is 96.6 Å². The van der Waals surface area contributed by atoms with Crippen LogP contribution in [0.2, 0.25) is 0 Å². The highest BCUT2D eigenvalue weighted by molar-refractivity contribution is 6.09. The highest BCUT2D eigenvalue weighted by Gasteiger charge is 2.36. The predicted octanol–water partition coefficient (Wildman–Crippen LogP) is 5.72. The zero-order valence-electron chi connectivity index (χ0n) is 22.0. The Kier molecular flexibility index (Phi) is 14.4. The third kappa shape index (κ3) is 11.7. The van der Waals surface area contributed by atoms with Crippen molar-refractivity contribution in [1.82, 2.24) is 4.90 Å². The molecule has 0 saturated carbocycles. The van der Waals surface area contributed by atoms with Gasteiger partial charge in [-0.1, -0.05) is 108 Å². The lowest BCUT2D eigenvalue weighted by Gasteiger charge is -2.18. The van der Waals surface area contributed by atoms with Crippen LogP contribution in [0.25, 0.3) is 0 Å². The minimum Gasteiger partial charge on any atom is -0.465 e. The van der Waals surface area contributed by atoms with E-state index in [4.69, 9.17) is 14.2 Å². The van der Waals surface area contributed by atoms with Crippen LogP contribution in [0.3, 0.4) is 0 Å². The normalized spacial score (nSPS) is 14.8. The van der Waals surface area contributed by atoms with E-state index >= 15 is 0 Å². The summed E-state index contributed by atoms with van der Waals surface area (Å²) in [6.07, 6.45) is 14.8. The van der Waals surface area contributed by atoms with E-state index < -0.39 is 24.5 Å². The maximum absolute atomic E-state index is 12.2. The zero-order chi connectivity index (χ0) is 26.0. The summed E-state index contributed by atoms with van der Waals surface area (Å²) >= 11 is 0. The van der Waals surface area contributed by atoms with Crippen LogP contribution >= 0.6 is 0 Å². The van der Waals surface area contributed by atoms with Gasteiger partial charge in [0.05, 0.1) is 12.7 Å². The van der Waals surface area contributed by atoms with Gasteiger partial charge in [0.2, 0.25) is 5.78 Å². The van der Waals surface area contributed by atoms with Crippen molar-refractivity contribution in [3.05, 3.63) is 47.9 Å². The molecule has 1 amide bonds. The van der Waals surface area contributed by atoms with E-state index in [0.717, 1.165) is 18.4 Å². The Morgan fingerprint density at radius 3 is 2.08 bits per heavy atom. The largest absolute Gasteiger partial charge is 0.465 e. The second-order valence-corrected chi connectivity index (χ2v) is 9.44. The molecule has 7 heteroatoms. The van der Waals surface area contributed by atoms with Crippen molar-refractivity contribution < 1.29 is 28.6 Å². The first-order valence-corrected chi connectivity index (χ1v) is 13.5. The molecule has 0 bridgehead atoms. The summed E-state index contributed by atoms with van der Waals surface area (Å²) in [5.74, 6) is -1.75. The minimum absolute atomic E-state index is 0.0394. The van der Waals surface area contributed by atoms with Gasteiger partial charge in [-0.15, -0.1) is 0 Å². The van der Waals surface area contributed by atoms with Gasteiger partial charge < -0.3 is 19.1 Å². The highest BCUT2D eigenvalue weighted by Crippen LogP contribution is 2.18. The molecule has 1 aliphatic heterocycles. The number of benzene rings is 1. The number of carbonyl (C=O) groups is 3. The Labute approximate surface area is 216 Å². The number of likely N-dealkylation sites (N-methyl/N-ethyl adjacent to an activating group) is 1. The molecule has 0 aliphatic carbocycles. The van der Waals surface area contributed by atoms with E-state index in [1.165, 1.54) is 75.2 Å². The Morgan fingerprint density at radius 2 is 1.47 bits per heavy atom. The van der Waals surface area contributed by atoms with Crippen LogP contribution in [0.4, 0.5) is 0 Å². The number of ether oxygens (including phenoxy) is 3. The maximum Gasteiger partial charge on any atom is 0.356 e. The first-order chi connectivity index (χ1) is 17.5. The molecule has 1 aliphatic rings. The average Bonchev–Trinajstić information content (AvgIpc) is 3.26. The summed E-state index contributed by atoms with van der Waals surface area (Å²) < 4.78 is 15.9. The lowest BCUT2D eigenvalue weighted by atomic mass is 10.1. The molecule has 1 heterocycles. The van der Waals surface area contributed by atoms with Gasteiger partial charge in [0, 0.05) is 13.6 Å². The van der Waals surface area contributed by atoms with Crippen molar-refractivity contribution in [3.63, 3.8) is 0 Å². The Balaban J connectivity index is 1.51.